The second-order valence-corrected chi connectivity index (χ2v) is 4.35. The predicted molar refractivity (Wildman–Crippen MR) is 63.1 cm³/mol. The van der Waals surface area contributed by atoms with Crippen LogP contribution >= 0.6 is 15.9 Å². The van der Waals surface area contributed by atoms with Crippen molar-refractivity contribution in [1.82, 2.24) is 0 Å². The summed E-state index contributed by atoms with van der Waals surface area (Å²) in [5, 5.41) is 0. The SMILES string of the molecule is CC(C)N(C)c1cccc(Br)c1C=O. The van der Waals surface area contributed by atoms with Gasteiger partial charge in [-0.1, -0.05) is 6.07 Å². The maximum Gasteiger partial charge on any atom is 0.153 e. The predicted octanol–water partition coefficient (Wildman–Crippen LogP) is 3.11. The summed E-state index contributed by atoms with van der Waals surface area (Å²) in [6.07, 6.45) is 0.887. The van der Waals surface area contributed by atoms with Gasteiger partial charge in [-0.2, -0.15) is 0 Å². The molecule has 0 spiro atoms. The minimum atomic E-state index is 0.378. The Labute approximate surface area is 93.0 Å². The summed E-state index contributed by atoms with van der Waals surface area (Å²) >= 11 is 3.37. The molecule has 0 saturated carbocycles. The van der Waals surface area contributed by atoms with Crippen LogP contribution in [0, 0.1) is 0 Å². The number of carbonyl (C=O) groups is 1. The third-order valence-electron chi connectivity index (χ3n) is 2.30. The number of nitrogens with zero attached hydrogens (tertiary/aromatic N) is 1. The van der Waals surface area contributed by atoms with Crippen molar-refractivity contribution in [3.63, 3.8) is 0 Å². The number of halogens is 1. The van der Waals surface area contributed by atoms with E-state index in [1.165, 1.54) is 0 Å². The molecule has 1 aromatic carbocycles. The first-order valence-corrected chi connectivity index (χ1v) is 5.33. The molecule has 0 aromatic heterocycles. The second-order valence-electron chi connectivity index (χ2n) is 3.50. The quantitative estimate of drug-likeness (QED) is 0.774. The number of hydrogen-bond acceptors (Lipinski definition) is 2. The largest absolute Gasteiger partial charge is 0.372 e. The number of rotatable bonds is 3. The van der Waals surface area contributed by atoms with E-state index in [-0.39, 0.29) is 0 Å². The molecule has 76 valence electrons. The minimum absolute atomic E-state index is 0.378. The van der Waals surface area contributed by atoms with E-state index in [4.69, 9.17) is 0 Å². The van der Waals surface area contributed by atoms with Gasteiger partial charge in [0.2, 0.25) is 0 Å². The highest BCUT2D eigenvalue weighted by molar-refractivity contribution is 9.10. The van der Waals surface area contributed by atoms with Crippen LogP contribution in [0.3, 0.4) is 0 Å². The summed E-state index contributed by atoms with van der Waals surface area (Å²) in [5.74, 6) is 0. The van der Waals surface area contributed by atoms with Crippen LogP contribution in [0.25, 0.3) is 0 Å². The first-order chi connectivity index (χ1) is 6.57. The van der Waals surface area contributed by atoms with Crippen molar-refractivity contribution in [2.75, 3.05) is 11.9 Å². The fourth-order valence-electron chi connectivity index (χ4n) is 1.23. The van der Waals surface area contributed by atoms with E-state index in [0.717, 1.165) is 16.4 Å². The fourth-order valence-corrected chi connectivity index (χ4v) is 1.68. The Hall–Kier alpha value is -0.830. The van der Waals surface area contributed by atoms with Crippen LogP contribution < -0.4 is 4.90 Å². The third kappa shape index (κ3) is 2.15. The van der Waals surface area contributed by atoms with Gasteiger partial charge in [0.25, 0.3) is 0 Å². The molecule has 0 bridgehead atoms. The number of hydrogen-bond donors (Lipinski definition) is 0. The van der Waals surface area contributed by atoms with Crippen LogP contribution in [-0.4, -0.2) is 19.4 Å². The average molecular weight is 256 g/mol. The highest BCUT2D eigenvalue weighted by Crippen LogP contribution is 2.26. The number of aldehydes is 1. The Morgan fingerprint density at radius 2 is 2.07 bits per heavy atom. The van der Waals surface area contributed by atoms with Gasteiger partial charge < -0.3 is 4.90 Å². The van der Waals surface area contributed by atoms with Gasteiger partial charge in [-0.15, -0.1) is 0 Å². The van der Waals surface area contributed by atoms with Gasteiger partial charge in [0.05, 0.1) is 5.56 Å². The molecule has 0 fully saturated rings. The molecule has 0 aliphatic carbocycles. The van der Waals surface area contributed by atoms with Crippen LogP contribution in [0.4, 0.5) is 5.69 Å². The summed E-state index contributed by atoms with van der Waals surface area (Å²) < 4.78 is 0.845. The van der Waals surface area contributed by atoms with Crippen molar-refractivity contribution in [1.29, 1.82) is 0 Å². The molecule has 0 radical (unpaired) electrons. The van der Waals surface area contributed by atoms with E-state index in [0.29, 0.717) is 11.6 Å². The van der Waals surface area contributed by atoms with Crippen molar-refractivity contribution in [2.45, 2.75) is 19.9 Å². The van der Waals surface area contributed by atoms with Crippen LogP contribution in [0.1, 0.15) is 24.2 Å². The summed E-state index contributed by atoms with van der Waals surface area (Å²) in [6.45, 7) is 4.19. The number of anilines is 1. The van der Waals surface area contributed by atoms with E-state index >= 15 is 0 Å². The molecule has 1 aromatic rings. The van der Waals surface area contributed by atoms with Gasteiger partial charge in [0.1, 0.15) is 0 Å². The fraction of sp³-hybridized carbons (Fsp3) is 0.364. The Bertz CT molecular complexity index is 336. The third-order valence-corrected chi connectivity index (χ3v) is 2.99. The van der Waals surface area contributed by atoms with Crippen molar-refractivity contribution in [2.24, 2.45) is 0 Å². The average Bonchev–Trinajstić information content (AvgIpc) is 2.16. The highest BCUT2D eigenvalue weighted by Gasteiger charge is 2.11. The maximum absolute atomic E-state index is 10.9. The van der Waals surface area contributed by atoms with Gasteiger partial charge in [-0.05, 0) is 41.9 Å². The van der Waals surface area contributed by atoms with Crippen LogP contribution in [-0.2, 0) is 0 Å². The Kier molecular flexibility index (Phi) is 3.69. The monoisotopic (exact) mass is 255 g/mol. The lowest BCUT2D eigenvalue weighted by Crippen LogP contribution is -2.26. The summed E-state index contributed by atoms with van der Waals surface area (Å²) in [7, 11) is 1.99. The summed E-state index contributed by atoms with van der Waals surface area (Å²) in [4.78, 5) is 13.0. The lowest BCUT2D eigenvalue weighted by Gasteiger charge is -2.25. The van der Waals surface area contributed by atoms with Crippen LogP contribution in [0.2, 0.25) is 0 Å². The molecule has 0 saturated heterocycles. The van der Waals surface area contributed by atoms with Crippen molar-refractivity contribution < 1.29 is 4.79 Å². The minimum Gasteiger partial charge on any atom is -0.372 e. The maximum atomic E-state index is 10.9. The molecule has 1 rings (SSSR count). The molecular weight excluding hydrogens is 242 g/mol. The van der Waals surface area contributed by atoms with E-state index in [2.05, 4.69) is 34.7 Å². The molecule has 3 heteroatoms. The zero-order valence-corrected chi connectivity index (χ0v) is 10.2. The molecule has 2 nitrogen and oxygen atoms in total. The first-order valence-electron chi connectivity index (χ1n) is 4.54. The van der Waals surface area contributed by atoms with Gasteiger partial charge in [-0.25, -0.2) is 0 Å². The summed E-state index contributed by atoms with van der Waals surface area (Å²) in [6, 6.07) is 6.14. The molecule has 0 atom stereocenters. The molecule has 0 aliphatic rings. The van der Waals surface area contributed by atoms with Gasteiger partial charge in [0.15, 0.2) is 6.29 Å². The molecular formula is C11H14BrNO. The lowest BCUT2D eigenvalue weighted by molar-refractivity contribution is 0.112. The number of carbonyl (C=O) groups excluding carboxylic acids is 1. The Morgan fingerprint density at radius 1 is 1.43 bits per heavy atom. The number of benzene rings is 1. The van der Waals surface area contributed by atoms with Gasteiger partial charge >= 0.3 is 0 Å². The van der Waals surface area contributed by atoms with Crippen molar-refractivity contribution >= 4 is 27.9 Å². The van der Waals surface area contributed by atoms with Crippen LogP contribution in [0.15, 0.2) is 22.7 Å². The Morgan fingerprint density at radius 3 is 2.57 bits per heavy atom. The molecule has 0 amide bonds. The smallest absolute Gasteiger partial charge is 0.153 e. The molecule has 0 heterocycles. The molecule has 0 N–H and O–H groups in total. The van der Waals surface area contributed by atoms with E-state index in [1.54, 1.807) is 0 Å². The summed E-state index contributed by atoms with van der Waals surface area (Å²) in [5.41, 5.74) is 1.67. The lowest BCUT2D eigenvalue weighted by atomic mass is 10.1. The zero-order valence-electron chi connectivity index (χ0n) is 8.62. The van der Waals surface area contributed by atoms with Crippen LogP contribution in [0.5, 0.6) is 0 Å². The molecule has 14 heavy (non-hydrogen) atoms. The van der Waals surface area contributed by atoms with Gasteiger partial charge in [-0.3, -0.25) is 4.79 Å². The molecule has 0 aliphatic heterocycles. The van der Waals surface area contributed by atoms with E-state index in [9.17, 15) is 4.79 Å². The van der Waals surface area contributed by atoms with Crippen molar-refractivity contribution in [3.05, 3.63) is 28.2 Å². The van der Waals surface area contributed by atoms with Gasteiger partial charge in [0, 0.05) is 23.2 Å². The zero-order chi connectivity index (χ0) is 10.7. The second kappa shape index (κ2) is 4.60. The Balaban J connectivity index is 3.20. The first kappa shape index (κ1) is 11.2. The normalized spacial score (nSPS) is 10.4. The van der Waals surface area contributed by atoms with Crippen molar-refractivity contribution in [3.8, 4) is 0 Å². The highest BCUT2D eigenvalue weighted by atomic mass is 79.9. The topological polar surface area (TPSA) is 20.3 Å². The van der Waals surface area contributed by atoms with E-state index in [1.807, 2.05) is 25.2 Å². The van der Waals surface area contributed by atoms with E-state index < -0.39 is 0 Å². The molecule has 0 unspecified atom stereocenters. The standard InChI is InChI=1S/C11H14BrNO/c1-8(2)13(3)11-6-4-5-10(12)9(11)7-14/h4-8H,1-3H3.